The maximum Gasteiger partial charge on any atom is 1.00 e. The molecule has 0 atom stereocenters. The van der Waals surface area contributed by atoms with Crippen LogP contribution in [0.1, 0.15) is 31.0 Å². The van der Waals surface area contributed by atoms with E-state index in [2.05, 4.69) is 16.8 Å². The highest BCUT2D eigenvalue weighted by atomic mass is 35.5. The lowest BCUT2D eigenvalue weighted by Gasteiger charge is -2.32. The molecule has 0 aromatic heterocycles. The molecule has 1 aromatic rings. The molecule has 0 N–H and O–H groups in total. The van der Waals surface area contributed by atoms with Crippen LogP contribution < -0.4 is 12.4 Å². The van der Waals surface area contributed by atoms with Crippen molar-refractivity contribution in [1.29, 1.82) is 0 Å². The summed E-state index contributed by atoms with van der Waals surface area (Å²) >= 11 is 0. The number of carbonyl (C=O) groups excluding carboxylic acids is 1. The van der Waals surface area contributed by atoms with Gasteiger partial charge in [0.25, 0.3) is 0 Å². The van der Waals surface area contributed by atoms with Crippen molar-refractivity contribution in [3.63, 3.8) is 0 Å². The molecule has 4 heteroatoms. The Morgan fingerprint density at radius 3 is 2.40 bits per heavy atom. The lowest BCUT2D eigenvalue weighted by Crippen LogP contribution is -3.00. The van der Waals surface area contributed by atoms with E-state index in [-0.39, 0.29) is 19.6 Å². The summed E-state index contributed by atoms with van der Waals surface area (Å²) in [6.45, 7) is 5.81. The zero-order valence-electron chi connectivity index (χ0n) is 13.2. The van der Waals surface area contributed by atoms with Crippen LogP contribution in [0.15, 0.2) is 30.3 Å². The minimum absolute atomic E-state index is 0. The lowest BCUT2D eigenvalue weighted by atomic mass is 10.1. The third kappa shape index (κ3) is 5.61. The highest BCUT2D eigenvalue weighted by molar-refractivity contribution is 5.95. The fourth-order valence-corrected chi connectivity index (χ4v) is 2.46. The van der Waals surface area contributed by atoms with E-state index in [1.165, 1.54) is 26.2 Å². The molecule has 1 fully saturated rings. The van der Waals surface area contributed by atoms with Gasteiger partial charge in [-0.3, -0.25) is 4.79 Å². The highest BCUT2D eigenvalue weighted by Crippen LogP contribution is 2.08. The molecular weight excluding hydrogens is 272 g/mol. The number of nitrogens with zero attached hydrogens (tertiary/aromatic N) is 2. The van der Waals surface area contributed by atoms with Crippen LogP contribution in [0.2, 0.25) is 0 Å². The van der Waals surface area contributed by atoms with Crippen molar-refractivity contribution in [2.45, 2.75) is 19.3 Å². The quantitative estimate of drug-likeness (QED) is 0.518. The molecule has 112 valence electrons. The van der Waals surface area contributed by atoms with E-state index >= 15 is 0 Å². The average molecular weight is 297 g/mol. The monoisotopic (exact) mass is 296 g/mol. The highest BCUT2D eigenvalue weighted by Gasteiger charge is 2.13. The van der Waals surface area contributed by atoms with Crippen LogP contribution in [-0.4, -0.2) is 55.4 Å². The van der Waals surface area contributed by atoms with Crippen LogP contribution in [0.3, 0.4) is 0 Å². The first-order chi connectivity index (χ1) is 9.25. The van der Waals surface area contributed by atoms with Crippen molar-refractivity contribution < 1.29 is 18.6 Å². The molecule has 0 radical (unpaired) electrons. The molecule has 1 aliphatic heterocycles. The second-order valence-electron chi connectivity index (χ2n) is 5.39. The Balaban J connectivity index is 0.00000200. The zero-order valence-corrected chi connectivity index (χ0v) is 13.0. The van der Waals surface area contributed by atoms with E-state index in [4.69, 9.17) is 0 Å². The van der Waals surface area contributed by atoms with E-state index in [1.54, 1.807) is 0 Å². The number of carbonyl (C=O) groups is 1. The maximum atomic E-state index is 11.9. The van der Waals surface area contributed by atoms with Gasteiger partial charge in [0.1, 0.15) is 0 Å². The Morgan fingerprint density at radius 2 is 1.75 bits per heavy atom. The fraction of sp³-hybridized carbons (Fsp3) is 0.562. The third-order valence-corrected chi connectivity index (χ3v) is 3.82. The predicted octanol–water partition coefficient (Wildman–Crippen LogP) is -0.596. The molecular formula is C16H25ClN2O. The van der Waals surface area contributed by atoms with Crippen LogP contribution in [0.4, 0.5) is 0 Å². The number of hydrogen-bond donors (Lipinski definition) is 0. The molecule has 20 heavy (non-hydrogen) atoms. The maximum absolute atomic E-state index is 11.9. The molecule has 1 aliphatic rings. The second kappa shape index (κ2) is 9.11. The molecule has 1 aromatic carbocycles. The summed E-state index contributed by atoms with van der Waals surface area (Å²) in [6.07, 6.45) is 2.81. The van der Waals surface area contributed by atoms with Gasteiger partial charge in [0.15, 0.2) is 5.78 Å². The molecule has 0 spiro atoms. The minimum atomic E-state index is 0. The van der Waals surface area contributed by atoms with Crippen molar-refractivity contribution in [1.82, 2.24) is 9.80 Å². The van der Waals surface area contributed by atoms with Crippen molar-refractivity contribution in [3.8, 4) is 0 Å². The smallest absolute Gasteiger partial charge is 1.00 e. The van der Waals surface area contributed by atoms with Crippen molar-refractivity contribution >= 4 is 5.78 Å². The topological polar surface area (TPSA) is 23.6 Å². The standard InChI is InChI=1S/C16H24N2O.ClH/c1-17-11-13-18(14-12-17)10-6-5-9-16(19)15-7-3-2-4-8-15;/h2-4,7-8H,5-6,9-14H2,1H3;1H. The Hall–Kier alpha value is -0.900. The molecule has 0 amide bonds. The SMILES string of the molecule is CN1CCN(CCCCC(=O)c2ccccc2)CC1.[Cl-].[H+]. The van der Waals surface area contributed by atoms with Gasteiger partial charge < -0.3 is 22.2 Å². The van der Waals surface area contributed by atoms with Crippen LogP contribution in [0, 0.1) is 0 Å². The van der Waals surface area contributed by atoms with E-state index in [0.717, 1.165) is 24.9 Å². The average Bonchev–Trinajstić information content (AvgIpc) is 2.46. The molecule has 1 heterocycles. The molecule has 1 saturated heterocycles. The predicted molar refractivity (Wildman–Crippen MR) is 79.7 cm³/mol. The summed E-state index contributed by atoms with van der Waals surface area (Å²) < 4.78 is 0. The van der Waals surface area contributed by atoms with Gasteiger partial charge in [0.05, 0.1) is 0 Å². The largest absolute Gasteiger partial charge is 1.00 e. The van der Waals surface area contributed by atoms with Crippen LogP contribution >= 0.6 is 0 Å². The summed E-state index contributed by atoms with van der Waals surface area (Å²) in [7, 11) is 2.18. The van der Waals surface area contributed by atoms with Crippen molar-refractivity contribution in [2.75, 3.05) is 39.8 Å². The van der Waals surface area contributed by atoms with Gasteiger partial charge in [-0.05, 0) is 26.4 Å². The number of benzene rings is 1. The number of rotatable bonds is 6. The molecule has 0 bridgehead atoms. The zero-order chi connectivity index (χ0) is 13.5. The first kappa shape index (κ1) is 17.2. The van der Waals surface area contributed by atoms with E-state index in [0.29, 0.717) is 6.42 Å². The van der Waals surface area contributed by atoms with Gasteiger partial charge in [-0.1, -0.05) is 30.3 Å². The summed E-state index contributed by atoms with van der Waals surface area (Å²) in [5.74, 6) is 0.277. The van der Waals surface area contributed by atoms with Gasteiger partial charge in [-0.2, -0.15) is 0 Å². The van der Waals surface area contributed by atoms with Crippen LogP contribution in [0.25, 0.3) is 0 Å². The van der Waals surface area contributed by atoms with Crippen molar-refractivity contribution in [3.05, 3.63) is 35.9 Å². The number of hydrogen-bond acceptors (Lipinski definition) is 3. The molecule has 3 nitrogen and oxygen atoms in total. The van der Waals surface area contributed by atoms with E-state index in [1.807, 2.05) is 30.3 Å². The number of piperazine rings is 1. The molecule has 0 aliphatic carbocycles. The summed E-state index contributed by atoms with van der Waals surface area (Å²) in [4.78, 5) is 16.8. The fourth-order valence-electron chi connectivity index (χ4n) is 2.46. The Kier molecular flexibility index (Phi) is 7.82. The minimum Gasteiger partial charge on any atom is -1.00 e. The first-order valence-corrected chi connectivity index (χ1v) is 7.25. The number of Topliss-reactive ketones (excluding diaryl/α,β-unsaturated/α-hetero) is 1. The van der Waals surface area contributed by atoms with Gasteiger partial charge >= 0.3 is 1.43 Å². The summed E-state index contributed by atoms with van der Waals surface area (Å²) in [5, 5.41) is 0. The Labute approximate surface area is 129 Å². The first-order valence-electron chi connectivity index (χ1n) is 7.25. The molecule has 2 rings (SSSR count). The Bertz CT molecular complexity index is 395. The van der Waals surface area contributed by atoms with Gasteiger partial charge in [0.2, 0.25) is 0 Å². The molecule has 0 unspecified atom stereocenters. The normalized spacial score (nSPS) is 16.6. The van der Waals surface area contributed by atoms with Crippen molar-refractivity contribution in [2.24, 2.45) is 0 Å². The van der Waals surface area contributed by atoms with Gasteiger partial charge in [-0.25, -0.2) is 0 Å². The summed E-state index contributed by atoms with van der Waals surface area (Å²) in [5.41, 5.74) is 0.849. The lowest BCUT2D eigenvalue weighted by molar-refractivity contribution is -0.0000120. The summed E-state index contributed by atoms with van der Waals surface area (Å²) in [6, 6.07) is 9.62. The van der Waals surface area contributed by atoms with Gasteiger partial charge in [-0.15, -0.1) is 0 Å². The molecule has 0 saturated carbocycles. The number of likely N-dealkylation sites (N-methyl/N-ethyl adjacent to an activating group) is 1. The number of halogens is 1. The van der Waals surface area contributed by atoms with E-state index in [9.17, 15) is 4.79 Å². The van der Waals surface area contributed by atoms with E-state index < -0.39 is 0 Å². The number of unbranched alkanes of at least 4 members (excludes halogenated alkanes) is 1. The Morgan fingerprint density at radius 1 is 1.10 bits per heavy atom. The second-order valence-corrected chi connectivity index (χ2v) is 5.39. The van der Waals surface area contributed by atoms with Crippen LogP contribution in [0.5, 0.6) is 0 Å². The van der Waals surface area contributed by atoms with Crippen LogP contribution in [-0.2, 0) is 0 Å². The third-order valence-electron chi connectivity index (χ3n) is 3.82. The van der Waals surface area contributed by atoms with Gasteiger partial charge in [0, 0.05) is 38.2 Å². The number of ketones is 1.